The van der Waals surface area contributed by atoms with Crippen LogP contribution in [0.1, 0.15) is 44.4 Å². The van der Waals surface area contributed by atoms with Gasteiger partial charge in [-0.1, -0.05) is 13.8 Å². The van der Waals surface area contributed by atoms with Gasteiger partial charge in [0.2, 0.25) is 0 Å². The number of nitrogens with zero attached hydrogens (tertiary/aromatic N) is 1. The Hall–Kier alpha value is -1.09. The molecule has 0 aliphatic rings. The van der Waals surface area contributed by atoms with Gasteiger partial charge in [-0.3, -0.25) is 0 Å². The number of anilines is 1. The summed E-state index contributed by atoms with van der Waals surface area (Å²) in [5, 5.41) is 3.35. The third kappa shape index (κ3) is 3.45. The van der Waals surface area contributed by atoms with Gasteiger partial charge < -0.3 is 10.2 Å². The highest BCUT2D eigenvalue weighted by atomic mass is 19.1. The Labute approximate surface area is 110 Å². The van der Waals surface area contributed by atoms with E-state index in [9.17, 15) is 4.39 Å². The molecule has 0 aliphatic heterocycles. The zero-order valence-corrected chi connectivity index (χ0v) is 12.2. The van der Waals surface area contributed by atoms with E-state index >= 15 is 0 Å². The van der Waals surface area contributed by atoms with Crippen LogP contribution in [0.4, 0.5) is 10.1 Å². The van der Waals surface area contributed by atoms with Crippen LogP contribution in [0.15, 0.2) is 12.1 Å². The van der Waals surface area contributed by atoms with Crippen molar-refractivity contribution in [2.75, 3.05) is 25.0 Å². The zero-order chi connectivity index (χ0) is 13.7. The van der Waals surface area contributed by atoms with Crippen LogP contribution in [0.25, 0.3) is 0 Å². The lowest BCUT2D eigenvalue weighted by atomic mass is 10.0. The fourth-order valence-electron chi connectivity index (χ4n) is 2.23. The lowest BCUT2D eigenvalue weighted by Crippen LogP contribution is -2.24. The molecule has 1 aromatic carbocycles. The van der Waals surface area contributed by atoms with E-state index in [1.165, 1.54) is 0 Å². The molecule has 1 aromatic rings. The molecule has 1 atom stereocenters. The minimum absolute atomic E-state index is 0.122. The van der Waals surface area contributed by atoms with Gasteiger partial charge in [0.05, 0.1) is 0 Å². The minimum atomic E-state index is -0.122. The van der Waals surface area contributed by atoms with E-state index in [0.717, 1.165) is 30.8 Å². The summed E-state index contributed by atoms with van der Waals surface area (Å²) in [5.74, 6) is -0.122. The molecule has 0 aromatic heterocycles. The maximum atomic E-state index is 13.8. The van der Waals surface area contributed by atoms with Gasteiger partial charge >= 0.3 is 0 Å². The van der Waals surface area contributed by atoms with Crippen molar-refractivity contribution in [2.45, 2.75) is 40.2 Å². The van der Waals surface area contributed by atoms with Gasteiger partial charge in [0.15, 0.2) is 0 Å². The highest BCUT2D eigenvalue weighted by Gasteiger charge is 2.15. The third-order valence-corrected chi connectivity index (χ3v) is 3.26. The Kier molecular flexibility index (Phi) is 5.60. The molecular weight excluding hydrogens is 227 g/mol. The third-order valence-electron chi connectivity index (χ3n) is 3.26. The van der Waals surface area contributed by atoms with Crippen LogP contribution in [0.3, 0.4) is 0 Å². The fraction of sp³-hybridized carbons (Fsp3) is 0.600. The summed E-state index contributed by atoms with van der Waals surface area (Å²) in [7, 11) is 2.07. The summed E-state index contributed by atoms with van der Waals surface area (Å²) < 4.78 is 13.8. The topological polar surface area (TPSA) is 15.3 Å². The van der Waals surface area contributed by atoms with E-state index in [-0.39, 0.29) is 11.9 Å². The number of benzene rings is 1. The number of nitrogens with one attached hydrogen (secondary N) is 1. The summed E-state index contributed by atoms with van der Waals surface area (Å²) in [5.41, 5.74) is 2.88. The molecule has 18 heavy (non-hydrogen) atoms. The standard InChI is InChI=1S/C15H25FN2/c1-6-8-18(5)15-9-11(3)14(16)10-13(15)12(4)17-7-2/h9-10,12,17H,6-8H2,1-5H3. The smallest absolute Gasteiger partial charge is 0.126 e. The molecule has 0 bridgehead atoms. The fourth-order valence-corrected chi connectivity index (χ4v) is 2.23. The molecule has 0 radical (unpaired) electrons. The number of halogens is 1. The first-order chi connectivity index (χ1) is 8.51. The first-order valence-electron chi connectivity index (χ1n) is 6.75. The van der Waals surface area contributed by atoms with E-state index < -0.39 is 0 Å². The molecule has 102 valence electrons. The van der Waals surface area contributed by atoms with E-state index in [1.54, 1.807) is 6.07 Å². The van der Waals surface area contributed by atoms with Gasteiger partial charge in [-0.25, -0.2) is 4.39 Å². The SMILES string of the molecule is CCCN(C)c1cc(C)c(F)cc1C(C)NCC. The lowest BCUT2D eigenvalue weighted by molar-refractivity contribution is 0.578. The Morgan fingerprint density at radius 3 is 2.56 bits per heavy atom. The van der Waals surface area contributed by atoms with Crippen molar-refractivity contribution in [3.05, 3.63) is 29.1 Å². The number of hydrogen-bond donors (Lipinski definition) is 1. The maximum Gasteiger partial charge on any atom is 0.126 e. The van der Waals surface area contributed by atoms with Crippen molar-refractivity contribution in [2.24, 2.45) is 0 Å². The molecule has 0 fully saturated rings. The maximum absolute atomic E-state index is 13.8. The molecule has 0 saturated carbocycles. The van der Waals surface area contributed by atoms with Crippen LogP contribution in [-0.4, -0.2) is 20.1 Å². The van der Waals surface area contributed by atoms with Crippen LogP contribution < -0.4 is 10.2 Å². The summed E-state index contributed by atoms with van der Waals surface area (Å²) in [4.78, 5) is 2.20. The Morgan fingerprint density at radius 1 is 1.33 bits per heavy atom. The second-order valence-corrected chi connectivity index (χ2v) is 4.86. The monoisotopic (exact) mass is 252 g/mol. The molecule has 1 unspecified atom stereocenters. The van der Waals surface area contributed by atoms with Gasteiger partial charge in [0.25, 0.3) is 0 Å². The number of hydrogen-bond acceptors (Lipinski definition) is 2. The molecule has 3 heteroatoms. The van der Waals surface area contributed by atoms with Crippen molar-refractivity contribution >= 4 is 5.69 Å². The summed E-state index contributed by atoms with van der Waals surface area (Å²) in [6.07, 6.45) is 1.09. The molecule has 0 saturated heterocycles. The molecule has 1 N–H and O–H groups in total. The molecule has 0 amide bonds. The van der Waals surface area contributed by atoms with E-state index in [2.05, 4.69) is 38.0 Å². The highest BCUT2D eigenvalue weighted by Crippen LogP contribution is 2.28. The summed E-state index contributed by atoms with van der Waals surface area (Å²) in [6.45, 7) is 9.98. The van der Waals surface area contributed by atoms with Crippen molar-refractivity contribution in [1.82, 2.24) is 5.32 Å². The Morgan fingerprint density at radius 2 is 2.00 bits per heavy atom. The minimum Gasteiger partial charge on any atom is -0.374 e. The van der Waals surface area contributed by atoms with Gasteiger partial charge in [0.1, 0.15) is 5.82 Å². The second-order valence-electron chi connectivity index (χ2n) is 4.86. The van der Waals surface area contributed by atoms with Crippen molar-refractivity contribution in [3.63, 3.8) is 0 Å². The van der Waals surface area contributed by atoms with E-state index in [1.807, 2.05) is 13.0 Å². The van der Waals surface area contributed by atoms with Crippen LogP contribution in [0, 0.1) is 12.7 Å². The average Bonchev–Trinajstić information content (AvgIpc) is 2.32. The Bertz CT molecular complexity index is 353. The van der Waals surface area contributed by atoms with Crippen molar-refractivity contribution in [1.29, 1.82) is 0 Å². The molecule has 0 spiro atoms. The lowest BCUT2D eigenvalue weighted by Gasteiger charge is -2.26. The van der Waals surface area contributed by atoms with Gasteiger partial charge in [0, 0.05) is 25.3 Å². The summed E-state index contributed by atoms with van der Waals surface area (Å²) >= 11 is 0. The predicted octanol–water partition coefficient (Wildman–Crippen LogP) is 3.65. The second kappa shape index (κ2) is 6.74. The summed E-state index contributed by atoms with van der Waals surface area (Å²) in [6, 6.07) is 3.79. The van der Waals surface area contributed by atoms with Crippen LogP contribution in [0.2, 0.25) is 0 Å². The molecule has 1 rings (SSSR count). The molecule has 2 nitrogen and oxygen atoms in total. The van der Waals surface area contributed by atoms with Crippen LogP contribution in [0.5, 0.6) is 0 Å². The number of rotatable bonds is 6. The molecule has 0 aliphatic carbocycles. The van der Waals surface area contributed by atoms with E-state index in [4.69, 9.17) is 0 Å². The Balaban J connectivity index is 3.16. The first-order valence-corrected chi connectivity index (χ1v) is 6.75. The first kappa shape index (κ1) is 15.0. The van der Waals surface area contributed by atoms with Crippen molar-refractivity contribution < 1.29 is 4.39 Å². The quantitative estimate of drug-likeness (QED) is 0.831. The zero-order valence-electron chi connectivity index (χ0n) is 12.2. The van der Waals surface area contributed by atoms with Crippen LogP contribution >= 0.6 is 0 Å². The molecule has 0 heterocycles. The van der Waals surface area contributed by atoms with Gasteiger partial charge in [-0.05, 0) is 50.1 Å². The van der Waals surface area contributed by atoms with Gasteiger partial charge in [-0.15, -0.1) is 0 Å². The molecular formula is C15H25FN2. The highest BCUT2D eigenvalue weighted by molar-refractivity contribution is 5.56. The predicted molar refractivity (Wildman–Crippen MR) is 76.8 cm³/mol. The van der Waals surface area contributed by atoms with Crippen LogP contribution in [-0.2, 0) is 0 Å². The average molecular weight is 252 g/mol. The van der Waals surface area contributed by atoms with Crippen molar-refractivity contribution in [3.8, 4) is 0 Å². The van der Waals surface area contributed by atoms with Gasteiger partial charge in [-0.2, -0.15) is 0 Å². The van der Waals surface area contributed by atoms with E-state index in [0.29, 0.717) is 5.56 Å². The number of aryl methyl sites for hydroxylation is 1. The normalized spacial score (nSPS) is 12.6. The largest absolute Gasteiger partial charge is 0.374 e.